The second kappa shape index (κ2) is 5.70. The van der Waals surface area contributed by atoms with Crippen LogP contribution < -0.4 is 0 Å². The van der Waals surface area contributed by atoms with E-state index in [9.17, 15) is 38.9 Å². The third-order valence-electron chi connectivity index (χ3n) is 3.70. The van der Waals surface area contributed by atoms with Crippen LogP contribution in [0.2, 0.25) is 0 Å². The molecule has 0 bridgehead atoms. The molecule has 3 rings (SSSR count). The van der Waals surface area contributed by atoms with Crippen molar-refractivity contribution in [3.05, 3.63) is 42.5 Å². The molecule has 0 fully saturated rings. The number of hydrogen-bond acceptors (Lipinski definition) is 6. The summed E-state index contributed by atoms with van der Waals surface area (Å²) in [6.45, 7) is 0. The molecule has 3 N–H and O–H groups in total. The van der Waals surface area contributed by atoms with Crippen LogP contribution in [0.3, 0.4) is 0 Å². The Kier molecular flexibility index (Phi) is 4.10. The van der Waals surface area contributed by atoms with Crippen molar-refractivity contribution in [1.82, 2.24) is 0 Å². The molecule has 0 unspecified atom stereocenters. The number of rotatable bonds is 3. The molecule has 0 heterocycles. The zero-order chi connectivity index (χ0) is 19.5. The second-order valence-electron chi connectivity index (χ2n) is 5.40. The SMILES string of the molecule is O=S(=O)(O)c1cc(S(=O)(=O)O)c2cc3cccc(S(=O)(=O)O)c3cc2c1. The van der Waals surface area contributed by atoms with Crippen LogP contribution in [0, 0.1) is 0 Å². The van der Waals surface area contributed by atoms with Crippen LogP contribution in [0.15, 0.2) is 57.2 Å². The van der Waals surface area contributed by atoms with Gasteiger partial charge < -0.3 is 0 Å². The van der Waals surface area contributed by atoms with Gasteiger partial charge in [0.05, 0.1) is 4.90 Å². The fourth-order valence-corrected chi connectivity index (χ4v) is 4.69. The van der Waals surface area contributed by atoms with Crippen molar-refractivity contribution >= 4 is 51.9 Å². The van der Waals surface area contributed by atoms with Crippen LogP contribution in [0.5, 0.6) is 0 Å². The van der Waals surface area contributed by atoms with E-state index in [1.54, 1.807) is 0 Å². The minimum Gasteiger partial charge on any atom is -0.282 e. The first-order valence-corrected chi connectivity index (χ1v) is 11.0. The zero-order valence-corrected chi connectivity index (χ0v) is 15.0. The topological polar surface area (TPSA) is 163 Å². The van der Waals surface area contributed by atoms with E-state index in [1.165, 1.54) is 18.2 Å². The van der Waals surface area contributed by atoms with Gasteiger partial charge in [0.25, 0.3) is 30.4 Å². The van der Waals surface area contributed by atoms with E-state index in [0.717, 1.165) is 18.2 Å². The lowest BCUT2D eigenvalue weighted by molar-refractivity contribution is 0.479. The van der Waals surface area contributed by atoms with Gasteiger partial charge in [-0.3, -0.25) is 13.7 Å². The first-order valence-electron chi connectivity index (χ1n) is 6.71. The fourth-order valence-electron chi connectivity index (χ4n) is 2.64. The molecule has 0 aliphatic carbocycles. The van der Waals surface area contributed by atoms with E-state index >= 15 is 0 Å². The highest BCUT2D eigenvalue weighted by molar-refractivity contribution is 7.87. The normalized spacial score (nSPS) is 13.3. The Morgan fingerprint density at radius 1 is 0.577 bits per heavy atom. The van der Waals surface area contributed by atoms with Gasteiger partial charge in [-0.05, 0) is 41.1 Å². The monoisotopic (exact) mass is 418 g/mol. The molecule has 26 heavy (non-hydrogen) atoms. The van der Waals surface area contributed by atoms with Gasteiger partial charge in [-0.2, -0.15) is 25.3 Å². The third kappa shape index (κ3) is 3.30. The summed E-state index contributed by atoms with van der Waals surface area (Å²) in [7, 11) is -14.3. The highest BCUT2D eigenvalue weighted by atomic mass is 32.2. The summed E-state index contributed by atoms with van der Waals surface area (Å²) in [6.07, 6.45) is 0. The van der Waals surface area contributed by atoms with Crippen molar-refractivity contribution < 1.29 is 38.9 Å². The maximum atomic E-state index is 11.6. The van der Waals surface area contributed by atoms with Crippen LogP contribution >= 0.6 is 0 Å². The highest BCUT2D eigenvalue weighted by Gasteiger charge is 2.22. The van der Waals surface area contributed by atoms with Crippen molar-refractivity contribution in [2.24, 2.45) is 0 Å². The summed E-state index contributed by atoms with van der Waals surface area (Å²) in [5.74, 6) is 0. The van der Waals surface area contributed by atoms with Gasteiger partial charge in [0.15, 0.2) is 0 Å². The van der Waals surface area contributed by atoms with Crippen LogP contribution in [0.4, 0.5) is 0 Å². The first-order chi connectivity index (χ1) is 11.8. The molecule has 0 amide bonds. The summed E-state index contributed by atoms with van der Waals surface area (Å²) in [5.41, 5.74) is 0. The average Bonchev–Trinajstić information content (AvgIpc) is 2.48. The number of hydrogen-bond donors (Lipinski definition) is 3. The summed E-state index contributed by atoms with van der Waals surface area (Å²) in [5, 5.41) is 0.0321. The maximum absolute atomic E-state index is 11.6. The molecule has 0 saturated carbocycles. The van der Waals surface area contributed by atoms with Gasteiger partial charge in [-0.15, -0.1) is 0 Å². The Bertz CT molecular complexity index is 1390. The van der Waals surface area contributed by atoms with E-state index in [4.69, 9.17) is 0 Å². The molecule has 0 atom stereocenters. The van der Waals surface area contributed by atoms with E-state index in [2.05, 4.69) is 0 Å². The molecule has 0 aliphatic rings. The van der Waals surface area contributed by atoms with Crippen LogP contribution in [-0.2, 0) is 30.4 Å². The summed E-state index contributed by atoms with van der Waals surface area (Å²) >= 11 is 0. The lowest BCUT2D eigenvalue weighted by atomic mass is 10.0. The molecule has 9 nitrogen and oxygen atoms in total. The quantitative estimate of drug-likeness (QED) is 0.424. The summed E-state index contributed by atoms with van der Waals surface area (Å²) in [4.78, 5) is -2.05. The van der Waals surface area contributed by atoms with Crippen molar-refractivity contribution in [3.63, 3.8) is 0 Å². The summed E-state index contributed by atoms with van der Waals surface area (Å²) in [6, 6.07) is 7.73. The van der Waals surface area contributed by atoms with Gasteiger partial charge in [-0.25, -0.2) is 0 Å². The number of fused-ring (bicyclic) bond motifs is 2. The van der Waals surface area contributed by atoms with E-state index in [-0.39, 0.29) is 21.5 Å². The molecule has 0 radical (unpaired) electrons. The van der Waals surface area contributed by atoms with Gasteiger partial charge in [0.1, 0.15) is 9.79 Å². The molecular weight excluding hydrogens is 408 g/mol. The average molecular weight is 418 g/mol. The van der Waals surface area contributed by atoms with Gasteiger partial charge >= 0.3 is 0 Å². The molecule has 138 valence electrons. The van der Waals surface area contributed by atoms with Gasteiger partial charge in [-0.1, -0.05) is 12.1 Å². The van der Waals surface area contributed by atoms with Crippen LogP contribution in [0.25, 0.3) is 21.5 Å². The predicted octanol–water partition coefficient (Wildman–Crippen LogP) is 1.73. The molecule has 0 saturated heterocycles. The first kappa shape index (κ1) is 18.7. The molecular formula is C14H10O9S3. The molecule has 3 aromatic rings. The van der Waals surface area contributed by atoms with E-state index < -0.39 is 45.0 Å². The zero-order valence-electron chi connectivity index (χ0n) is 12.6. The minimum absolute atomic E-state index is 0.00345. The van der Waals surface area contributed by atoms with Gasteiger partial charge in [0, 0.05) is 10.8 Å². The Hall–Kier alpha value is -2.09. The molecule has 3 aromatic carbocycles. The van der Waals surface area contributed by atoms with E-state index in [1.807, 2.05) is 0 Å². The van der Waals surface area contributed by atoms with Crippen molar-refractivity contribution in [2.45, 2.75) is 14.7 Å². The van der Waals surface area contributed by atoms with Crippen molar-refractivity contribution in [3.8, 4) is 0 Å². The molecule has 0 aromatic heterocycles. The molecule has 0 spiro atoms. The van der Waals surface area contributed by atoms with Crippen LogP contribution in [-0.4, -0.2) is 38.9 Å². The van der Waals surface area contributed by atoms with Crippen molar-refractivity contribution in [1.29, 1.82) is 0 Å². The standard InChI is InChI=1S/C14H10O9S3/c15-24(16,17)10-4-9-6-11-8(2-1-3-13(11)25(18,19)20)5-12(9)14(7-10)26(21,22)23/h1-7H,(H,15,16,17)(H,18,19,20)(H,21,22,23). The smallest absolute Gasteiger partial charge is 0.282 e. The van der Waals surface area contributed by atoms with Gasteiger partial charge in [0.2, 0.25) is 0 Å². The maximum Gasteiger partial charge on any atom is 0.295 e. The lowest BCUT2D eigenvalue weighted by Gasteiger charge is -2.10. The second-order valence-corrected chi connectivity index (χ2v) is 9.60. The third-order valence-corrected chi connectivity index (χ3v) is 6.34. The highest BCUT2D eigenvalue weighted by Crippen LogP contribution is 2.33. The van der Waals surface area contributed by atoms with E-state index in [0.29, 0.717) is 6.07 Å². The minimum atomic E-state index is -4.86. The van der Waals surface area contributed by atoms with Crippen LogP contribution in [0.1, 0.15) is 0 Å². The Morgan fingerprint density at radius 3 is 1.65 bits per heavy atom. The predicted molar refractivity (Wildman–Crippen MR) is 90.9 cm³/mol. The fraction of sp³-hybridized carbons (Fsp3) is 0. The molecule has 0 aliphatic heterocycles. The Balaban J connectivity index is 2.60. The Labute approximate surface area is 148 Å². The van der Waals surface area contributed by atoms with Crippen molar-refractivity contribution in [2.75, 3.05) is 0 Å². The number of benzene rings is 3. The summed E-state index contributed by atoms with van der Waals surface area (Å²) < 4.78 is 97.0. The lowest BCUT2D eigenvalue weighted by Crippen LogP contribution is -2.05. The largest absolute Gasteiger partial charge is 0.295 e. The Morgan fingerprint density at radius 2 is 1.12 bits per heavy atom. The molecule has 12 heteroatoms.